The summed E-state index contributed by atoms with van der Waals surface area (Å²) in [4.78, 5) is 15.2. The Kier molecular flexibility index (Phi) is 4.68. The van der Waals surface area contributed by atoms with Gasteiger partial charge >= 0.3 is 5.97 Å². The third-order valence-corrected chi connectivity index (χ3v) is 3.26. The molecule has 0 amide bonds. The second kappa shape index (κ2) is 5.80. The first-order valence-electron chi connectivity index (χ1n) is 4.78. The van der Waals surface area contributed by atoms with Crippen molar-refractivity contribution < 1.29 is 9.53 Å². The number of imidazole rings is 1. The van der Waals surface area contributed by atoms with Gasteiger partial charge in [0, 0.05) is 24.7 Å². The topological polar surface area (TPSA) is 44.1 Å². The summed E-state index contributed by atoms with van der Waals surface area (Å²) in [5.41, 5.74) is 0. The van der Waals surface area contributed by atoms with E-state index in [9.17, 15) is 4.79 Å². The van der Waals surface area contributed by atoms with Crippen LogP contribution in [0.3, 0.4) is 0 Å². The number of hydrogen-bond donors (Lipinski definition) is 0. The fraction of sp³-hybridized carbons (Fsp3) is 0.600. The van der Waals surface area contributed by atoms with Gasteiger partial charge in [0.25, 0.3) is 0 Å². The summed E-state index contributed by atoms with van der Waals surface area (Å²) < 4.78 is 6.59. The lowest BCUT2D eigenvalue weighted by molar-refractivity contribution is -0.140. The van der Waals surface area contributed by atoms with Gasteiger partial charge in [-0.2, -0.15) is 11.8 Å². The number of aryl methyl sites for hydroxylation is 1. The van der Waals surface area contributed by atoms with Gasteiger partial charge in [-0.25, -0.2) is 4.98 Å². The SMILES string of the molecule is COC(=O)CC(C)SCc1nccn1C. The van der Waals surface area contributed by atoms with E-state index in [1.807, 2.05) is 24.7 Å². The van der Waals surface area contributed by atoms with Crippen LogP contribution in [0.1, 0.15) is 19.2 Å². The van der Waals surface area contributed by atoms with Crippen LogP contribution in [0.25, 0.3) is 0 Å². The molecule has 0 aliphatic rings. The first-order valence-corrected chi connectivity index (χ1v) is 5.83. The molecule has 1 aromatic rings. The third-order valence-electron chi connectivity index (χ3n) is 2.10. The minimum Gasteiger partial charge on any atom is -0.469 e. The Morgan fingerprint density at radius 2 is 2.47 bits per heavy atom. The summed E-state index contributed by atoms with van der Waals surface area (Å²) in [5.74, 6) is 1.69. The van der Waals surface area contributed by atoms with E-state index in [1.165, 1.54) is 7.11 Å². The Balaban J connectivity index is 2.31. The first kappa shape index (κ1) is 12.1. The van der Waals surface area contributed by atoms with Gasteiger partial charge in [-0.15, -0.1) is 0 Å². The summed E-state index contributed by atoms with van der Waals surface area (Å²) >= 11 is 1.71. The molecule has 0 saturated heterocycles. The Bertz CT molecular complexity index is 325. The molecule has 0 radical (unpaired) electrons. The Morgan fingerprint density at radius 1 is 1.73 bits per heavy atom. The summed E-state index contributed by atoms with van der Waals surface area (Å²) in [6, 6.07) is 0. The van der Waals surface area contributed by atoms with Crippen molar-refractivity contribution in [3.63, 3.8) is 0 Å². The van der Waals surface area contributed by atoms with Crippen LogP contribution in [-0.2, 0) is 22.3 Å². The van der Waals surface area contributed by atoms with Crippen LogP contribution < -0.4 is 0 Å². The fourth-order valence-electron chi connectivity index (χ4n) is 1.13. The minimum atomic E-state index is -0.158. The molecular weight excluding hydrogens is 212 g/mol. The van der Waals surface area contributed by atoms with Crippen LogP contribution in [0.5, 0.6) is 0 Å². The molecule has 1 rings (SSSR count). The number of esters is 1. The number of carbonyl (C=O) groups is 1. The maximum atomic E-state index is 11.0. The van der Waals surface area contributed by atoms with Gasteiger partial charge < -0.3 is 9.30 Å². The number of hydrogen-bond acceptors (Lipinski definition) is 4. The standard InChI is InChI=1S/C10H16N2O2S/c1-8(6-10(13)14-3)15-7-9-11-4-5-12(9)2/h4-5,8H,6-7H2,1-3H3. The lowest BCUT2D eigenvalue weighted by Gasteiger charge is -2.09. The summed E-state index contributed by atoms with van der Waals surface area (Å²) in [6.07, 6.45) is 4.15. The molecule has 84 valence electrons. The second-order valence-electron chi connectivity index (χ2n) is 3.36. The average Bonchev–Trinajstić information content (AvgIpc) is 2.61. The van der Waals surface area contributed by atoms with Crippen molar-refractivity contribution in [3.8, 4) is 0 Å². The quantitative estimate of drug-likeness (QED) is 0.718. The van der Waals surface area contributed by atoms with E-state index in [2.05, 4.69) is 9.72 Å². The van der Waals surface area contributed by atoms with E-state index in [1.54, 1.807) is 18.0 Å². The summed E-state index contributed by atoms with van der Waals surface area (Å²) in [5, 5.41) is 0.258. The van der Waals surface area contributed by atoms with Crippen molar-refractivity contribution in [2.45, 2.75) is 24.3 Å². The molecule has 0 N–H and O–H groups in total. The molecule has 4 nitrogen and oxygen atoms in total. The number of thioether (sulfide) groups is 1. The van der Waals surface area contributed by atoms with Crippen LogP contribution in [0.4, 0.5) is 0 Å². The van der Waals surface area contributed by atoms with E-state index in [4.69, 9.17) is 0 Å². The second-order valence-corrected chi connectivity index (χ2v) is 4.78. The van der Waals surface area contributed by atoms with E-state index in [-0.39, 0.29) is 11.2 Å². The van der Waals surface area contributed by atoms with Crippen molar-refractivity contribution in [1.29, 1.82) is 0 Å². The maximum absolute atomic E-state index is 11.0. The maximum Gasteiger partial charge on any atom is 0.306 e. The molecular formula is C10H16N2O2S. The molecule has 0 aromatic carbocycles. The molecule has 0 aliphatic carbocycles. The van der Waals surface area contributed by atoms with Gasteiger partial charge in [-0.05, 0) is 0 Å². The molecule has 1 aromatic heterocycles. The van der Waals surface area contributed by atoms with Gasteiger partial charge in [0.2, 0.25) is 0 Å². The van der Waals surface area contributed by atoms with Crippen molar-refractivity contribution in [2.24, 2.45) is 7.05 Å². The smallest absolute Gasteiger partial charge is 0.306 e. The molecule has 5 heteroatoms. The van der Waals surface area contributed by atoms with Gasteiger partial charge in [0.1, 0.15) is 5.82 Å². The lowest BCUT2D eigenvalue weighted by Crippen LogP contribution is -2.09. The lowest BCUT2D eigenvalue weighted by atomic mass is 10.3. The molecule has 15 heavy (non-hydrogen) atoms. The monoisotopic (exact) mass is 228 g/mol. The molecule has 1 unspecified atom stereocenters. The molecule has 0 fully saturated rings. The Labute approximate surface area is 94.0 Å². The van der Waals surface area contributed by atoms with Crippen molar-refractivity contribution in [3.05, 3.63) is 18.2 Å². The van der Waals surface area contributed by atoms with Gasteiger partial charge in [0.15, 0.2) is 0 Å². The van der Waals surface area contributed by atoms with Crippen LogP contribution in [0.2, 0.25) is 0 Å². The molecule has 1 heterocycles. The van der Waals surface area contributed by atoms with Crippen LogP contribution in [-0.4, -0.2) is 27.9 Å². The van der Waals surface area contributed by atoms with Crippen molar-refractivity contribution in [1.82, 2.24) is 9.55 Å². The predicted molar refractivity (Wildman–Crippen MR) is 60.6 cm³/mol. The Morgan fingerprint density at radius 3 is 3.00 bits per heavy atom. The predicted octanol–water partition coefficient (Wildman–Crippen LogP) is 1.60. The number of ether oxygens (including phenoxy) is 1. The van der Waals surface area contributed by atoms with E-state index < -0.39 is 0 Å². The van der Waals surface area contributed by atoms with Gasteiger partial charge in [0.05, 0.1) is 19.3 Å². The normalized spacial score (nSPS) is 12.5. The molecule has 1 atom stereocenters. The van der Waals surface area contributed by atoms with Crippen LogP contribution >= 0.6 is 11.8 Å². The number of carbonyl (C=O) groups excluding carboxylic acids is 1. The summed E-state index contributed by atoms with van der Waals surface area (Å²) in [7, 11) is 3.38. The van der Waals surface area contributed by atoms with Crippen molar-refractivity contribution in [2.75, 3.05) is 7.11 Å². The third kappa shape index (κ3) is 3.95. The average molecular weight is 228 g/mol. The van der Waals surface area contributed by atoms with Crippen LogP contribution in [0.15, 0.2) is 12.4 Å². The highest BCUT2D eigenvalue weighted by Gasteiger charge is 2.10. The zero-order valence-corrected chi connectivity index (χ0v) is 10.1. The first-order chi connectivity index (χ1) is 7.13. The molecule has 0 spiro atoms. The number of aromatic nitrogens is 2. The fourth-order valence-corrected chi connectivity index (χ4v) is 2.10. The minimum absolute atomic E-state index is 0.158. The zero-order chi connectivity index (χ0) is 11.3. The Hall–Kier alpha value is -0.970. The van der Waals surface area contributed by atoms with Gasteiger partial charge in [-0.1, -0.05) is 6.92 Å². The van der Waals surface area contributed by atoms with Gasteiger partial charge in [-0.3, -0.25) is 4.79 Å². The van der Waals surface area contributed by atoms with Crippen LogP contribution in [0, 0.1) is 0 Å². The highest BCUT2D eigenvalue weighted by molar-refractivity contribution is 7.99. The molecule has 0 saturated carbocycles. The molecule has 0 bridgehead atoms. The highest BCUT2D eigenvalue weighted by atomic mass is 32.2. The van der Waals surface area contributed by atoms with E-state index in [0.717, 1.165) is 11.6 Å². The number of methoxy groups -OCH3 is 1. The van der Waals surface area contributed by atoms with E-state index >= 15 is 0 Å². The molecule has 0 aliphatic heterocycles. The summed E-state index contributed by atoms with van der Waals surface area (Å²) in [6.45, 7) is 2.02. The van der Waals surface area contributed by atoms with Crippen molar-refractivity contribution >= 4 is 17.7 Å². The highest BCUT2D eigenvalue weighted by Crippen LogP contribution is 2.18. The number of nitrogens with zero attached hydrogens (tertiary/aromatic N) is 2. The zero-order valence-electron chi connectivity index (χ0n) is 9.27. The number of rotatable bonds is 5. The van der Waals surface area contributed by atoms with E-state index in [0.29, 0.717) is 6.42 Å². The largest absolute Gasteiger partial charge is 0.469 e.